The topological polar surface area (TPSA) is 0 Å². The summed E-state index contributed by atoms with van der Waals surface area (Å²) in [7, 11) is -1.61. The standard InChI is InChI=1S/C20H23Si.3ClH.Ti/c1-3-4-14-21(2,19-12-6-5-7-13-19)20-15-17-10-8-9-11-18(17)16-20;;;;/h5-13,15-16H,3-4,14H2,1-2H3;3*1H;/q;;;;+3/p-3. The van der Waals surface area contributed by atoms with Crippen molar-refractivity contribution in [3.8, 4) is 0 Å². The van der Waals surface area contributed by atoms with E-state index < -0.39 is 8.07 Å². The van der Waals surface area contributed by atoms with Crippen LogP contribution in [-0.2, 0) is 20.4 Å². The van der Waals surface area contributed by atoms with E-state index in [4.69, 9.17) is 0 Å². The van der Waals surface area contributed by atoms with Crippen LogP contribution in [-0.4, -0.2) is 8.07 Å². The molecule has 5 heteroatoms. The maximum absolute atomic E-state index is 2.58. The SMILES string of the molecule is CCCC[Si](C)(C1=Cc2ccccc2[CH]1[Ti+3])c1ccccc1.[Cl-].[Cl-].[Cl-]. The Hall–Kier alpha value is -0.0188. The minimum absolute atomic E-state index is 0. The van der Waals surface area contributed by atoms with Gasteiger partial charge in [-0.2, -0.15) is 0 Å². The number of fused-ring (bicyclic) bond motifs is 1. The number of unbranched alkanes of at least 4 members (excludes halogenated alkanes) is 1. The molecule has 0 fully saturated rings. The van der Waals surface area contributed by atoms with Gasteiger partial charge in [-0.25, -0.2) is 0 Å². The van der Waals surface area contributed by atoms with Crippen molar-refractivity contribution in [2.45, 2.75) is 36.6 Å². The number of halogens is 3. The number of hydrogen-bond acceptors (Lipinski definition) is 0. The third-order valence-electron chi connectivity index (χ3n) is 5.01. The van der Waals surface area contributed by atoms with Gasteiger partial charge in [0, 0.05) is 0 Å². The predicted octanol–water partition coefficient (Wildman–Crippen LogP) is -3.99. The van der Waals surface area contributed by atoms with Crippen molar-refractivity contribution in [2.24, 2.45) is 0 Å². The number of benzene rings is 2. The normalized spacial score (nSPS) is 17.1. The van der Waals surface area contributed by atoms with Gasteiger partial charge < -0.3 is 37.2 Å². The van der Waals surface area contributed by atoms with Crippen LogP contribution in [0.15, 0.2) is 59.8 Å². The van der Waals surface area contributed by atoms with Crippen molar-refractivity contribution in [1.29, 1.82) is 0 Å². The second-order valence-corrected chi connectivity index (χ2v) is 11.7. The van der Waals surface area contributed by atoms with E-state index in [0.717, 1.165) is 0 Å². The zero-order valence-electron chi connectivity index (χ0n) is 14.6. The van der Waals surface area contributed by atoms with Crippen molar-refractivity contribution < 1.29 is 57.7 Å². The minimum atomic E-state index is -1.61. The van der Waals surface area contributed by atoms with Crippen molar-refractivity contribution in [3.05, 3.63) is 70.9 Å². The quantitative estimate of drug-likeness (QED) is 0.412. The van der Waals surface area contributed by atoms with E-state index in [1.54, 1.807) is 10.4 Å². The first-order valence-electron chi connectivity index (χ1n) is 8.24. The third kappa shape index (κ3) is 5.03. The average Bonchev–Trinajstić information content (AvgIpc) is 2.91. The van der Waals surface area contributed by atoms with Crippen molar-refractivity contribution in [3.63, 3.8) is 0 Å². The molecule has 0 heterocycles. The number of hydrogen-bond donors (Lipinski definition) is 0. The fourth-order valence-electron chi connectivity index (χ4n) is 3.59. The van der Waals surface area contributed by atoms with E-state index >= 15 is 0 Å². The Morgan fingerprint density at radius 3 is 2.12 bits per heavy atom. The van der Waals surface area contributed by atoms with Crippen LogP contribution in [0, 0.1) is 0 Å². The molecular weight excluding hydrogens is 423 g/mol. The molecule has 0 N–H and O–H groups in total. The Morgan fingerprint density at radius 1 is 0.920 bits per heavy atom. The monoisotopic (exact) mass is 444 g/mol. The van der Waals surface area contributed by atoms with Crippen LogP contribution in [0.3, 0.4) is 0 Å². The van der Waals surface area contributed by atoms with Gasteiger partial charge in [-0.05, 0) is 0 Å². The van der Waals surface area contributed by atoms with Crippen molar-refractivity contribution in [2.75, 3.05) is 0 Å². The van der Waals surface area contributed by atoms with E-state index in [1.165, 1.54) is 30.0 Å². The van der Waals surface area contributed by atoms with Gasteiger partial charge in [0.15, 0.2) is 0 Å². The summed E-state index contributed by atoms with van der Waals surface area (Å²) in [6.07, 6.45) is 5.12. The molecule has 0 aliphatic heterocycles. The Bertz CT molecular complexity index is 690. The summed E-state index contributed by atoms with van der Waals surface area (Å²) in [5.74, 6) is 0. The molecule has 0 saturated heterocycles. The van der Waals surface area contributed by atoms with Gasteiger partial charge in [-0.3, -0.25) is 0 Å². The molecule has 1 aliphatic rings. The van der Waals surface area contributed by atoms with Crippen LogP contribution in [0.5, 0.6) is 0 Å². The van der Waals surface area contributed by atoms with Crippen molar-refractivity contribution >= 4 is 19.3 Å². The largest absolute Gasteiger partial charge is 1.00 e. The molecule has 0 spiro atoms. The van der Waals surface area contributed by atoms with Gasteiger partial charge >= 0.3 is 147 Å². The van der Waals surface area contributed by atoms with E-state index in [2.05, 4.69) is 94.6 Å². The molecule has 0 saturated carbocycles. The Kier molecular flexibility index (Phi) is 11.0. The van der Waals surface area contributed by atoms with Crippen LogP contribution in [0.4, 0.5) is 0 Å². The minimum Gasteiger partial charge on any atom is -1.00 e. The molecule has 0 amide bonds. The summed E-state index contributed by atoms with van der Waals surface area (Å²) in [5, 5.41) is 3.31. The molecular formula is C20H23Cl3SiTi. The van der Waals surface area contributed by atoms with Gasteiger partial charge in [-0.15, -0.1) is 0 Å². The van der Waals surface area contributed by atoms with Crippen LogP contribution in [0.25, 0.3) is 6.08 Å². The molecule has 2 aromatic carbocycles. The summed E-state index contributed by atoms with van der Waals surface area (Å²) < 4.78 is 0.574. The second kappa shape index (κ2) is 11.0. The van der Waals surface area contributed by atoms with E-state index in [9.17, 15) is 0 Å². The molecule has 3 rings (SSSR count). The first-order valence-corrected chi connectivity index (χ1v) is 11.9. The maximum atomic E-state index is 2.58. The van der Waals surface area contributed by atoms with E-state index in [1.807, 2.05) is 0 Å². The molecule has 132 valence electrons. The van der Waals surface area contributed by atoms with Crippen LogP contribution in [0.1, 0.15) is 35.1 Å². The van der Waals surface area contributed by atoms with Crippen LogP contribution >= 0.6 is 0 Å². The van der Waals surface area contributed by atoms with Crippen molar-refractivity contribution in [1.82, 2.24) is 0 Å². The summed E-state index contributed by atoms with van der Waals surface area (Å²) in [6.45, 7) is 4.88. The van der Waals surface area contributed by atoms with Gasteiger partial charge in [-0.1, -0.05) is 0 Å². The molecule has 25 heavy (non-hydrogen) atoms. The molecule has 0 bridgehead atoms. The fourth-order valence-corrected chi connectivity index (χ4v) is 9.79. The first kappa shape index (κ1) is 25.0. The maximum Gasteiger partial charge on any atom is -1.00 e. The average molecular weight is 446 g/mol. The molecule has 0 aromatic heterocycles. The Labute approximate surface area is 183 Å². The molecule has 1 aliphatic carbocycles. The molecule has 2 aromatic rings. The van der Waals surface area contributed by atoms with E-state index in [0.29, 0.717) is 4.22 Å². The fraction of sp³-hybridized carbons (Fsp3) is 0.300. The third-order valence-corrected chi connectivity index (χ3v) is 11.1. The summed E-state index contributed by atoms with van der Waals surface area (Å²) in [4.78, 5) is 0. The number of rotatable bonds is 5. The zero-order chi connectivity index (χ0) is 15.6. The van der Waals surface area contributed by atoms with Crippen LogP contribution < -0.4 is 42.4 Å². The molecule has 0 nitrogen and oxygen atoms in total. The molecule has 2 atom stereocenters. The van der Waals surface area contributed by atoms with Gasteiger partial charge in [0.1, 0.15) is 0 Å². The molecule has 0 radical (unpaired) electrons. The smallest absolute Gasteiger partial charge is 1.00 e. The predicted molar refractivity (Wildman–Crippen MR) is 94.6 cm³/mol. The first-order chi connectivity index (χ1) is 10.7. The zero-order valence-corrected chi connectivity index (χ0v) is 19.4. The van der Waals surface area contributed by atoms with Gasteiger partial charge in [0.05, 0.1) is 0 Å². The number of allylic oxidation sites excluding steroid dienone is 1. The second-order valence-electron chi connectivity index (χ2n) is 6.46. The molecule has 2 unspecified atom stereocenters. The van der Waals surface area contributed by atoms with Gasteiger partial charge in [0.25, 0.3) is 0 Å². The summed E-state index contributed by atoms with van der Waals surface area (Å²) >= 11 is 2.40. The van der Waals surface area contributed by atoms with Gasteiger partial charge in [0.2, 0.25) is 0 Å². The van der Waals surface area contributed by atoms with E-state index in [-0.39, 0.29) is 37.2 Å². The Morgan fingerprint density at radius 2 is 1.52 bits per heavy atom. The summed E-state index contributed by atoms with van der Waals surface area (Å²) in [5.41, 5.74) is 2.96. The van der Waals surface area contributed by atoms with Crippen LogP contribution in [0.2, 0.25) is 12.6 Å². The Balaban J connectivity index is 0.00000192. The summed E-state index contributed by atoms with van der Waals surface area (Å²) in [6, 6.07) is 21.6.